The molecule has 6 heteroatoms. The molecule has 0 aliphatic heterocycles. The standard InChI is InChI=1S/C20H26N2O3S/c1-16(2)13-14-21-20(23)18-9-11-19(12-10-18)22(26(3,24)25)15-17-7-5-4-6-8-17/h4-12,16H,13-15H2,1-3H3,(H,21,23). The Morgan fingerprint density at radius 3 is 2.19 bits per heavy atom. The van der Waals surface area contributed by atoms with Gasteiger partial charge in [-0.15, -0.1) is 0 Å². The zero-order chi connectivity index (χ0) is 19.2. The van der Waals surface area contributed by atoms with E-state index in [1.807, 2.05) is 30.3 Å². The van der Waals surface area contributed by atoms with E-state index in [1.165, 1.54) is 10.6 Å². The van der Waals surface area contributed by atoms with Crippen molar-refractivity contribution in [3.63, 3.8) is 0 Å². The molecule has 0 aromatic heterocycles. The summed E-state index contributed by atoms with van der Waals surface area (Å²) in [4.78, 5) is 12.2. The summed E-state index contributed by atoms with van der Waals surface area (Å²) < 4.78 is 25.7. The van der Waals surface area contributed by atoms with E-state index in [9.17, 15) is 13.2 Å². The zero-order valence-electron chi connectivity index (χ0n) is 15.5. The normalized spacial score (nSPS) is 11.4. The lowest BCUT2D eigenvalue weighted by atomic mass is 10.1. The van der Waals surface area contributed by atoms with Gasteiger partial charge in [0.1, 0.15) is 0 Å². The van der Waals surface area contributed by atoms with E-state index in [4.69, 9.17) is 0 Å². The van der Waals surface area contributed by atoms with Gasteiger partial charge in [0, 0.05) is 12.1 Å². The molecular weight excluding hydrogens is 348 g/mol. The SMILES string of the molecule is CC(C)CCNC(=O)c1ccc(N(Cc2ccccc2)S(C)(=O)=O)cc1. The quantitative estimate of drug-likeness (QED) is 0.770. The number of hydrogen-bond acceptors (Lipinski definition) is 3. The Labute approximate surface area is 156 Å². The summed E-state index contributed by atoms with van der Waals surface area (Å²) in [5, 5.41) is 2.88. The highest BCUT2D eigenvalue weighted by Gasteiger charge is 2.18. The van der Waals surface area contributed by atoms with Gasteiger partial charge in [-0.25, -0.2) is 8.42 Å². The fourth-order valence-corrected chi connectivity index (χ4v) is 3.39. The Morgan fingerprint density at radius 1 is 1.04 bits per heavy atom. The fourth-order valence-electron chi connectivity index (χ4n) is 2.50. The molecule has 0 heterocycles. The molecule has 0 spiro atoms. The van der Waals surface area contributed by atoms with Crippen LogP contribution < -0.4 is 9.62 Å². The molecule has 1 N–H and O–H groups in total. The Kier molecular flexibility index (Phi) is 6.80. The first kappa shape index (κ1) is 20.0. The number of nitrogens with one attached hydrogen (secondary N) is 1. The number of amides is 1. The van der Waals surface area contributed by atoms with E-state index >= 15 is 0 Å². The molecule has 0 aliphatic rings. The van der Waals surface area contributed by atoms with Crippen LogP contribution in [-0.2, 0) is 16.6 Å². The average molecular weight is 375 g/mol. The Morgan fingerprint density at radius 2 is 1.65 bits per heavy atom. The Balaban J connectivity index is 2.13. The van der Waals surface area contributed by atoms with E-state index in [0.717, 1.165) is 12.0 Å². The van der Waals surface area contributed by atoms with E-state index in [1.54, 1.807) is 24.3 Å². The number of nitrogens with zero attached hydrogens (tertiary/aromatic N) is 1. The van der Waals surface area contributed by atoms with Gasteiger partial charge in [0.2, 0.25) is 10.0 Å². The number of anilines is 1. The highest BCUT2D eigenvalue weighted by atomic mass is 32.2. The van der Waals surface area contributed by atoms with E-state index < -0.39 is 10.0 Å². The van der Waals surface area contributed by atoms with Crippen LogP contribution in [0.2, 0.25) is 0 Å². The van der Waals surface area contributed by atoms with Gasteiger partial charge in [0.05, 0.1) is 18.5 Å². The number of benzene rings is 2. The van der Waals surface area contributed by atoms with Crippen molar-refractivity contribution in [3.05, 3.63) is 65.7 Å². The summed E-state index contributed by atoms with van der Waals surface area (Å²) >= 11 is 0. The van der Waals surface area contributed by atoms with E-state index in [0.29, 0.717) is 23.7 Å². The fraction of sp³-hybridized carbons (Fsp3) is 0.350. The lowest BCUT2D eigenvalue weighted by Gasteiger charge is -2.22. The third-order valence-corrected chi connectivity index (χ3v) is 5.13. The molecule has 0 unspecified atom stereocenters. The maximum atomic E-state index is 12.2. The van der Waals surface area contributed by atoms with Crippen LogP contribution in [0.15, 0.2) is 54.6 Å². The maximum Gasteiger partial charge on any atom is 0.251 e. The minimum Gasteiger partial charge on any atom is -0.352 e. The average Bonchev–Trinajstić information content (AvgIpc) is 2.59. The van der Waals surface area contributed by atoms with E-state index in [2.05, 4.69) is 19.2 Å². The molecule has 2 rings (SSSR count). The molecule has 0 bridgehead atoms. The lowest BCUT2D eigenvalue weighted by molar-refractivity contribution is 0.0952. The molecule has 2 aromatic carbocycles. The summed E-state index contributed by atoms with van der Waals surface area (Å²) in [6, 6.07) is 16.1. The predicted molar refractivity (Wildman–Crippen MR) is 106 cm³/mol. The van der Waals surface area contributed by atoms with E-state index in [-0.39, 0.29) is 12.5 Å². The summed E-state index contributed by atoms with van der Waals surface area (Å²) in [7, 11) is -3.44. The van der Waals surface area contributed by atoms with Crippen LogP contribution in [0.4, 0.5) is 5.69 Å². The van der Waals surface area contributed by atoms with Crippen molar-refractivity contribution in [3.8, 4) is 0 Å². The minimum absolute atomic E-state index is 0.147. The van der Waals surface area contributed by atoms with Crippen LogP contribution in [0.5, 0.6) is 0 Å². The first-order chi connectivity index (χ1) is 12.3. The number of carbonyl (C=O) groups excluding carboxylic acids is 1. The molecule has 140 valence electrons. The highest BCUT2D eigenvalue weighted by molar-refractivity contribution is 7.92. The second-order valence-electron chi connectivity index (χ2n) is 6.74. The lowest BCUT2D eigenvalue weighted by Crippen LogP contribution is -2.29. The second kappa shape index (κ2) is 8.85. The first-order valence-corrected chi connectivity index (χ1v) is 10.5. The molecule has 2 aromatic rings. The summed E-state index contributed by atoms with van der Waals surface area (Å²) in [6.07, 6.45) is 2.10. The van der Waals surface area contributed by atoms with Gasteiger partial charge in [-0.3, -0.25) is 9.10 Å². The Hall–Kier alpha value is -2.34. The molecule has 5 nitrogen and oxygen atoms in total. The number of hydrogen-bond donors (Lipinski definition) is 1. The molecule has 0 saturated carbocycles. The van der Waals surface area contributed by atoms with Gasteiger partial charge in [0.15, 0.2) is 0 Å². The second-order valence-corrected chi connectivity index (χ2v) is 8.65. The molecule has 0 aliphatic carbocycles. The largest absolute Gasteiger partial charge is 0.352 e. The molecule has 26 heavy (non-hydrogen) atoms. The highest BCUT2D eigenvalue weighted by Crippen LogP contribution is 2.21. The van der Waals surface area contributed by atoms with Crippen molar-refractivity contribution in [2.45, 2.75) is 26.8 Å². The van der Waals surface area contributed by atoms with Crippen LogP contribution in [0.3, 0.4) is 0 Å². The number of rotatable bonds is 8. The predicted octanol–water partition coefficient (Wildman–Crippen LogP) is 3.43. The van der Waals surface area contributed by atoms with Crippen molar-refractivity contribution in [1.82, 2.24) is 5.32 Å². The third-order valence-electron chi connectivity index (χ3n) is 3.99. The molecule has 1 amide bonds. The van der Waals surface area contributed by atoms with Crippen LogP contribution in [0.25, 0.3) is 0 Å². The summed E-state index contributed by atoms with van der Waals surface area (Å²) in [6.45, 7) is 5.09. The molecule has 0 radical (unpaired) electrons. The first-order valence-electron chi connectivity index (χ1n) is 8.67. The number of sulfonamides is 1. The summed E-state index contributed by atoms with van der Waals surface area (Å²) in [5.41, 5.74) is 1.95. The van der Waals surface area contributed by atoms with Gasteiger partial charge in [-0.2, -0.15) is 0 Å². The number of carbonyl (C=O) groups is 1. The van der Waals surface area contributed by atoms with Gasteiger partial charge >= 0.3 is 0 Å². The Bertz CT molecular complexity index is 816. The van der Waals surface area contributed by atoms with Crippen molar-refractivity contribution in [2.75, 3.05) is 17.1 Å². The van der Waals surface area contributed by atoms with Gasteiger partial charge < -0.3 is 5.32 Å². The van der Waals surface area contributed by atoms with Crippen molar-refractivity contribution in [1.29, 1.82) is 0 Å². The molecule has 0 atom stereocenters. The van der Waals surface area contributed by atoms with Gasteiger partial charge in [0.25, 0.3) is 5.91 Å². The smallest absolute Gasteiger partial charge is 0.251 e. The summed E-state index contributed by atoms with van der Waals surface area (Å²) in [5.74, 6) is 0.380. The maximum absolute atomic E-state index is 12.2. The topological polar surface area (TPSA) is 66.5 Å². The molecule has 0 fully saturated rings. The minimum atomic E-state index is -3.44. The van der Waals surface area contributed by atoms with Crippen LogP contribution >= 0.6 is 0 Å². The van der Waals surface area contributed by atoms with Gasteiger partial charge in [-0.1, -0.05) is 44.2 Å². The van der Waals surface area contributed by atoms with Crippen LogP contribution in [-0.4, -0.2) is 27.1 Å². The van der Waals surface area contributed by atoms with Crippen molar-refractivity contribution < 1.29 is 13.2 Å². The monoisotopic (exact) mass is 374 g/mol. The zero-order valence-corrected chi connectivity index (χ0v) is 16.3. The molecular formula is C20H26N2O3S. The van der Waals surface area contributed by atoms with Crippen LogP contribution in [0.1, 0.15) is 36.2 Å². The molecule has 0 saturated heterocycles. The van der Waals surface area contributed by atoms with Gasteiger partial charge in [-0.05, 0) is 42.2 Å². The van der Waals surface area contributed by atoms with Crippen LogP contribution in [0, 0.1) is 5.92 Å². The van der Waals surface area contributed by atoms with Crippen molar-refractivity contribution in [2.24, 2.45) is 5.92 Å². The third kappa shape index (κ3) is 5.88. The van der Waals surface area contributed by atoms with Crippen molar-refractivity contribution >= 4 is 21.6 Å².